The van der Waals surface area contributed by atoms with Gasteiger partial charge in [-0.15, -0.1) is 0 Å². The van der Waals surface area contributed by atoms with Crippen molar-refractivity contribution in [3.8, 4) is 0 Å². The zero-order chi connectivity index (χ0) is 11.9. The van der Waals surface area contributed by atoms with Gasteiger partial charge in [0.1, 0.15) is 0 Å². The van der Waals surface area contributed by atoms with Crippen LogP contribution in [-0.4, -0.2) is 13.1 Å². The van der Waals surface area contributed by atoms with E-state index in [1.807, 2.05) is 0 Å². The molecule has 1 rings (SSSR count). The highest BCUT2D eigenvalue weighted by Crippen LogP contribution is 2.55. The molecule has 0 amide bonds. The molecular formula is C15H31N. The highest BCUT2D eigenvalue weighted by molar-refractivity contribution is 4.99. The summed E-state index contributed by atoms with van der Waals surface area (Å²) in [5.41, 5.74) is 0.701. The SMILES string of the molecule is CCCCCCCC1(C)CC1CNCCC. The van der Waals surface area contributed by atoms with Crippen molar-refractivity contribution < 1.29 is 0 Å². The van der Waals surface area contributed by atoms with Gasteiger partial charge in [0.15, 0.2) is 0 Å². The largest absolute Gasteiger partial charge is 0.316 e. The summed E-state index contributed by atoms with van der Waals surface area (Å²) < 4.78 is 0. The van der Waals surface area contributed by atoms with Crippen LogP contribution in [0.5, 0.6) is 0 Å². The average molecular weight is 225 g/mol. The van der Waals surface area contributed by atoms with Crippen LogP contribution in [0.25, 0.3) is 0 Å². The van der Waals surface area contributed by atoms with Crippen molar-refractivity contribution in [2.75, 3.05) is 13.1 Å². The van der Waals surface area contributed by atoms with Crippen molar-refractivity contribution >= 4 is 0 Å². The molecule has 96 valence electrons. The first-order valence-electron chi connectivity index (χ1n) is 7.43. The topological polar surface area (TPSA) is 12.0 Å². The Morgan fingerprint density at radius 1 is 1.06 bits per heavy atom. The van der Waals surface area contributed by atoms with E-state index in [9.17, 15) is 0 Å². The van der Waals surface area contributed by atoms with E-state index in [-0.39, 0.29) is 0 Å². The minimum Gasteiger partial charge on any atom is -0.316 e. The Bertz CT molecular complexity index is 178. The van der Waals surface area contributed by atoms with Gasteiger partial charge in [-0.3, -0.25) is 0 Å². The molecule has 0 bridgehead atoms. The van der Waals surface area contributed by atoms with E-state index in [0.717, 1.165) is 5.92 Å². The molecule has 2 atom stereocenters. The molecule has 1 heteroatoms. The summed E-state index contributed by atoms with van der Waals surface area (Å²) in [4.78, 5) is 0. The van der Waals surface area contributed by atoms with Crippen molar-refractivity contribution in [2.45, 2.75) is 72.1 Å². The fourth-order valence-corrected chi connectivity index (χ4v) is 2.71. The molecule has 1 aliphatic carbocycles. The standard InChI is InChI=1S/C15H31N/c1-4-6-7-8-9-10-15(3)12-14(15)13-16-11-5-2/h14,16H,4-13H2,1-3H3. The number of unbranched alkanes of at least 4 members (excludes halogenated alkanes) is 4. The third-order valence-corrected chi connectivity index (χ3v) is 4.21. The van der Waals surface area contributed by atoms with E-state index in [1.165, 1.54) is 64.5 Å². The quantitative estimate of drug-likeness (QED) is 0.544. The highest BCUT2D eigenvalue weighted by atomic mass is 14.9. The van der Waals surface area contributed by atoms with E-state index in [4.69, 9.17) is 0 Å². The molecule has 2 unspecified atom stereocenters. The van der Waals surface area contributed by atoms with Gasteiger partial charge in [0.25, 0.3) is 0 Å². The Balaban J connectivity index is 1.96. The van der Waals surface area contributed by atoms with Gasteiger partial charge in [-0.05, 0) is 43.7 Å². The summed E-state index contributed by atoms with van der Waals surface area (Å²) in [6, 6.07) is 0. The van der Waals surface area contributed by atoms with Crippen molar-refractivity contribution in [3.63, 3.8) is 0 Å². The van der Waals surface area contributed by atoms with Crippen LogP contribution in [0.1, 0.15) is 72.1 Å². The predicted octanol–water partition coefficient (Wildman–Crippen LogP) is 4.37. The fourth-order valence-electron chi connectivity index (χ4n) is 2.71. The first kappa shape index (κ1) is 14.0. The van der Waals surface area contributed by atoms with Gasteiger partial charge in [-0.2, -0.15) is 0 Å². The average Bonchev–Trinajstić information content (AvgIpc) is 2.90. The van der Waals surface area contributed by atoms with Crippen LogP contribution in [0.2, 0.25) is 0 Å². The maximum Gasteiger partial charge on any atom is -0.00151 e. The van der Waals surface area contributed by atoms with Gasteiger partial charge in [0.2, 0.25) is 0 Å². The molecule has 0 radical (unpaired) electrons. The van der Waals surface area contributed by atoms with E-state index in [1.54, 1.807) is 0 Å². The van der Waals surface area contributed by atoms with Gasteiger partial charge >= 0.3 is 0 Å². The highest BCUT2D eigenvalue weighted by Gasteiger charge is 2.48. The third-order valence-electron chi connectivity index (χ3n) is 4.21. The lowest BCUT2D eigenvalue weighted by atomic mass is 9.97. The molecule has 1 fully saturated rings. The van der Waals surface area contributed by atoms with Gasteiger partial charge in [-0.1, -0.05) is 52.9 Å². The molecule has 1 aliphatic rings. The fraction of sp³-hybridized carbons (Fsp3) is 1.00. The summed E-state index contributed by atoms with van der Waals surface area (Å²) in [6.07, 6.45) is 11.4. The second-order valence-electron chi connectivity index (χ2n) is 5.92. The molecule has 0 aromatic rings. The van der Waals surface area contributed by atoms with E-state index in [2.05, 4.69) is 26.1 Å². The summed E-state index contributed by atoms with van der Waals surface area (Å²) in [7, 11) is 0. The number of rotatable bonds is 10. The smallest absolute Gasteiger partial charge is 0.00151 e. The molecule has 0 saturated heterocycles. The molecule has 0 aliphatic heterocycles. The molecule has 16 heavy (non-hydrogen) atoms. The van der Waals surface area contributed by atoms with Gasteiger partial charge in [0, 0.05) is 0 Å². The van der Waals surface area contributed by atoms with E-state index in [0.29, 0.717) is 5.41 Å². The van der Waals surface area contributed by atoms with Crippen LogP contribution in [0.3, 0.4) is 0 Å². The summed E-state index contributed by atoms with van der Waals surface area (Å²) in [5, 5.41) is 3.56. The Morgan fingerprint density at radius 2 is 1.81 bits per heavy atom. The monoisotopic (exact) mass is 225 g/mol. The molecule has 0 heterocycles. The van der Waals surface area contributed by atoms with Gasteiger partial charge < -0.3 is 5.32 Å². The maximum atomic E-state index is 3.56. The molecular weight excluding hydrogens is 194 g/mol. The van der Waals surface area contributed by atoms with Gasteiger partial charge in [-0.25, -0.2) is 0 Å². The van der Waals surface area contributed by atoms with Crippen molar-refractivity contribution in [3.05, 3.63) is 0 Å². The van der Waals surface area contributed by atoms with Crippen molar-refractivity contribution in [1.29, 1.82) is 0 Å². The number of hydrogen-bond donors (Lipinski definition) is 1. The molecule has 1 nitrogen and oxygen atoms in total. The van der Waals surface area contributed by atoms with Crippen molar-refractivity contribution in [1.82, 2.24) is 5.32 Å². The van der Waals surface area contributed by atoms with Crippen LogP contribution in [0.4, 0.5) is 0 Å². The maximum absolute atomic E-state index is 3.56. The summed E-state index contributed by atoms with van der Waals surface area (Å²) >= 11 is 0. The molecule has 1 N–H and O–H groups in total. The van der Waals surface area contributed by atoms with Crippen LogP contribution in [0, 0.1) is 11.3 Å². The summed E-state index contributed by atoms with van der Waals surface area (Å²) in [5.74, 6) is 0.977. The number of hydrogen-bond acceptors (Lipinski definition) is 1. The molecule has 0 aromatic carbocycles. The lowest BCUT2D eigenvalue weighted by Gasteiger charge is -2.11. The van der Waals surface area contributed by atoms with E-state index >= 15 is 0 Å². The van der Waals surface area contributed by atoms with Crippen LogP contribution >= 0.6 is 0 Å². The zero-order valence-electron chi connectivity index (χ0n) is 11.6. The Kier molecular flexibility index (Phi) is 6.41. The Labute approximate surface area is 102 Å². The Morgan fingerprint density at radius 3 is 2.50 bits per heavy atom. The summed E-state index contributed by atoms with van der Waals surface area (Å²) in [6.45, 7) is 9.48. The minimum absolute atomic E-state index is 0.701. The zero-order valence-corrected chi connectivity index (χ0v) is 11.6. The predicted molar refractivity (Wildman–Crippen MR) is 72.8 cm³/mol. The van der Waals surface area contributed by atoms with Gasteiger partial charge in [0.05, 0.1) is 0 Å². The Hall–Kier alpha value is -0.0400. The minimum atomic E-state index is 0.701. The molecule has 0 spiro atoms. The lowest BCUT2D eigenvalue weighted by molar-refractivity contribution is 0.419. The second kappa shape index (κ2) is 7.32. The number of nitrogens with one attached hydrogen (secondary N) is 1. The lowest BCUT2D eigenvalue weighted by Crippen LogP contribution is -2.19. The van der Waals surface area contributed by atoms with E-state index < -0.39 is 0 Å². The third kappa shape index (κ3) is 4.86. The first-order chi connectivity index (χ1) is 7.73. The van der Waals surface area contributed by atoms with Crippen LogP contribution < -0.4 is 5.32 Å². The second-order valence-corrected chi connectivity index (χ2v) is 5.92. The molecule has 0 aromatic heterocycles. The normalized spacial score (nSPS) is 28.3. The molecule has 1 saturated carbocycles. The first-order valence-corrected chi connectivity index (χ1v) is 7.43. The van der Waals surface area contributed by atoms with Crippen LogP contribution in [-0.2, 0) is 0 Å². The van der Waals surface area contributed by atoms with Crippen LogP contribution in [0.15, 0.2) is 0 Å². The van der Waals surface area contributed by atoms with Crippen molar-refractivity contribution in [2.24, 2.45) is 11.3 Å².